The van der Waals surface area contributed by atoms with Crippen molar-refractivity contribution in [3.63, 3.8) is 0 Å². The number of hydrogen-bond donors (Lipinski definition) is 1. The number of aryl methyl sites for hydroxylation is 3. The van der Waals surface area contributed by atoms with Gasteiger partial charge in [0.1, 0.15) is 11.4 Å². The highest BCUT2D eigenvalue weighted by atomic mass is 32.1. The standard InChI is InChI=1S/C23H24N4OS/c1-4-17-8-10-18(11-9-17)14-27-22(21-12-16(2)26(3)25-21)15-29-23(27)24-19-6-5-7-20(28)13-19/h5-13,15,28H,4,14H2,1-3H3. The van der Waals surface area contributed by atoms with Crippen molar-refractivity contribution in [2.75, 3.05) is 0 Å². The number of aromatic nitrogens is 3. The third kappa shape index (κ3) is 4.17. The second kappa shape index (κ2) is 8.09. The zero-order valence-corrected chi connectivity index (χ0v) is 17.6. The lowest BCUT2D eigenvalue weighted by atomic mass is 10.1. The zero-order valence-electron chi connectivity index (χ0n) is 16.8. The van der Waals surface area contributed by atoms with Gasteiger partial charge in [-0.25, -0.2) is 4.99 Å². The number of phenols is 1. The average molecular weight is 405 g/mol. The van der Waals surface area contributed by atoms with Crippen LogP contribution in [0.2, 0.25) is 0 Å². The summed E-state index contributed by atoms with van der Waals surface area (Å²) in [5.74, 6) is 0.213. The largest absolute Gasteiger partial charge is 0.508 e. The average Bonchev–Trinajstić information content (AvgIpc) is 3.25. The second-order valence-corrected chi connectivity index (χ2v) is 7.92. The fraction of sp³-hybridized carbons (Fsp3) is 0.217. The van der Waals surface area contributed by atoms with Crippen molar-refractivity contribution in [1.29, 1.82) is 0 Å². The summed E-state index contributed by atoms with van der Waals surface area (Å²) >= 11 is 1.58. The Morgan fingerprint density at radius 3 is 2.48 bits per heavy atom. The number of hydrogen-bond acceptors (Lipinski definition) is 4. The highest BCUT2D eigenvalue weighted by Crippen LogP contribution is 2.23. The van der Waals surface area contributed by atoms with Crippen molar-refractivity contribution in [1.82, 2.24) is 14.3 Å². The fourth-order valence-electron chi connectivity index (χ4n) is 3.20. The molecule has 4 aromatic rings. The summed E-state index contributed by atoms with van der Waals surface area (Å²) in [6.07, 6.45) is 1.03. The second-order valence-electron chi connectivity index (χ2n) is 7.09. The number of nitrogens with zero attached hydrogens (tertiary/aromatic N) is 4. The predicted octanol–water partition coefficient (Wildman–Crippen LogP) is 4.81. The third-order valence-corrected chi connectivity index (χ3v) is 5.86. The molecule has 2 aromatic carbocycles. The van der Waals surface area contributed by atoms with Crippen molar-refractivity contribution in [3.8, 4) is 17.1 Å². The molecule has 0 unspecified atom stereocenters. The molecular formula is C23H24N4OS. The molecule has 0 saturated heterocycles. The maximum absolute atomic E-state index is 9.79. The molecule has 0 fully saturated rings. The van der Waals surface area contributed by atoms with Crippen LogP contribution in [0.5, 0.6) is 5.75 Å². The van der Waals surface area contributed by atoms with Gasteiger partial charge in [-0.15, -0.1) is 11.3 Å². The predicted molar refractivity (Wildman–Crippen MR) is 117 cm³/mol. The van der Waals surface area contributed by atoms with E-state index in [2.05, 4.69) is 59.2 Å². The van der Waals surface area contributed by atoms with E-state index in [1.807, 2.05) is 17.8 Å². The van der Waals surface area contributed by atoms with Crippen LogP contribution in [0.3, 0.4) is 0 Å². The van der Waals surface area contributed by atoms with Crippen LogP contribution in [0.4, 0.5) is 5.69 Å². The summed E-state index contributed by atoms with van der Waals surface area (Å²) in [6.45, 7) is 4.92. The number of thiazole rings is 1. The van der Waals surface area contributed by atoms with Crippen LogP contribution in [0.25, 0.3) is 11.4 Å². The topological polar surface area (TPSA) is 55.3 Å². The van der Waals surface area contributed by atoms with E-state index in [0.717, 1.165) is 34.0 Å². The maximum atomic E-state index is 9.79. The van der Waals surface area contributed by atoms with E-state index in [1.54, 1.807) is 29.5 Å². The van der Waals surface area contributed by atoms with Gasteiger partial charge in [-0.1, -0.05) is 37.3 Å². The lowest BCUT2D eigenvalue weighted by molar-refractivity contribution is 0.475. The molecule has 0 amide bonds. The van der Waals surface area contributed by atoms with Gasteiger partial charge < -0.3 is 9.67 Å². The van der Waals surface area contributed by atoms with E-state index in [9.17, 15) is 5.11 Å². The number of rotatable bonds is 5. The van der Waals surface area contributed by atoms with Crippen molar-refractivity contribution < 1.29 is 5.11 Å². The monoisotopic (exact) mass is 404 g/mol. The summed E-state index contributed by atoms with van der Waals surface area (Å²) in [5, 5.41) is 16.6. The van der Waals surface area contributed by atoms with Gasteiger partial charge in [-0.2, -0.15) is 5.10 Å². The molecule has 0 atom stereocenters. The summed E-state index contributed by atoms with van der Waals surface area (Å²) < 4.78 is 4.08. The van der Waals surface area contributed by atoms with Gasteiger partial charge in [-0.05, 0) is 42.7 Å². The Hall–Kier alpha value is -3.12. The first-order valence-corrected chi connectivity index (χ1v) is 10.5. The Morgan fingerprint density at radius 1 is 1.07 bits per heavy atom. The van der Waals surface area contributed by atoms with Gasteiger partial charge in [0.15, 0.2) is 4.80 Å². The number of phenolic OH excluding ortho intramolecular Hbond substituents is 1. The molecule has 0 aliphatic rings. The van der Waals surface area contributed by atoms with Gasteiger partial charge >= 0.3 is 0 Å². The Bertz CT molecular complexity index is 1180. The van der Waals surface area contributed by atoms with Crippen molar-refractivity contribution in [2.45, 2.75) is 26.8 Å². The van der Waals surface area contributed by atoms with Gasteiger partial charge in [0.25, 0.3) is 0 Å². The van der Waals surface area contributed by atoms with Gasteiger partial charge in [0, 0.05) is 24.2 Å². The van der Waals surface area contributed by atoms with Gasteiger partial charge in [-0.3, -0.25) is 4.68 Å². The minimum Gasteiger partial charge on any atom is -0.508 e. The van der Waals surface area contributed by atoms with E-state index in [0.29, 0.717) is 6.54 Å². The smallest absolute Gasteiger partial charge is 0.190 e. The Labute approximate surface area is 174 Å². The number of benzene rings is 2. The molecule has 0 aliphatic carbocycles. The van der Waals surface area contributed by atoms with Crippen LogP contribution in [-0.2, 0) is 20.0 Å². The molecule has 0 aliphatic heterocycles. The van der Waals surface area contributed by atoms with E-state index in [1.165, 1.54) is 11.1 Å². The van der Waals surface area contributed by atoms with Crippen molar-refractivity contribution in [3.05, 3.63) is 81.6 Å². The molecule has 0 spiro atoms. The Balaban J connectivity index is 1.82. The van der Waals surface area contributed by atoms with Crippen LogP contribution in [-0.4, -0.2) is 19.5 Å². The molecule has 6 heteroatoms. The van der Waals surface area contributed by atoms with Crippen LogP contribution in [0.1, 0.15) is 23.7 Å². The summed E-state index contributed by atoms with van der Waals surface area (Å²) in [7, 11) is 1.96. The molecule has 0 bridgehead atoms. The number of aromatic hydroxyl groups is 1. The van der Waals surface area contributed by atoms with E-state index in [-0.39, 0.29) is 5.75 Å². The molecule has 0 radical (unpaired) electrons. The third-order valence-electron chi connectivity index (χ3n) is 5.00. The van der Waals surface area contributed by atoms with Crippen LogP contribution in [0, 0.1) is 6.92 Å². The lowest BCUT2D eigenvalue weighted by Gasteiger charge is -2.09. The normalized spacial score (nSPS) is 11.9. The maximum Gasteiger partial charge on any atom is 0.190 e. The highest BCUT2D eigenvalue weighted by Gasteiger charge is 2.13. The van der Waals surface area contributed by atoms with E-state index < -0.39 is 0 Å². The van der Waals surface area contributed by atoms with Crippen molar-refractivity contribution >= 4 is 17.0 Å². The minimum absolute atomic E-state index is 0.213. The molecule has 2 heterocycles. The summed E-state index contributed by atoms with van der Waals surface area (Å²) in [4.78, 5) is 5.66. The molecule has 4 rings (SSSR count). The molecule has 148 valence electrons. The molecule has 1 N–H and O–H groups in total. The molecule has 29 heavy (non-hydrogen) atoms. The summed E-state index contributed by atoms with van der Waals surface area (Å²) in [6, 6.07) is 17.8. The van der Waals surface area contributed by atoms with Gasteiger partial charge in [0.05, 0.1) is 17.9 Å². The van der Waals surface area contributed by atoms with E-state index in [4.69, 9.17) is 4.99 Å². The zero-order chi connectivity index (χ0) is 20.4. The Morgan fingerprint density at radius 2 is 1.83 bits per heavy atom. The van der Waals surface area contributed by atoms with E-state index >= 15 is 0 Å². The summed E-state index contributed by atoms with van der Waals surface area (Å²) in [5.41, 5.74) is 6.35. The van der Waals surface area contributed by atoms with Crippen molar-refractivity contribution in [2.24, 2.45) is 12.0 Å². The quantitative estimate of drug-likeness (QED) is 0.519. The molecular weight excluding hydrogens is 380 g/mol. The van der Waals surface area contributed by atoms with Crippen LogP contribution in [0.15, 0.2) is 65.0 Å². The van der Waals surface area contributed by atoms with Gasteiger partial charge in [0.2, 0.25) is 0 Å². The fourth-order valence-corrected chi connectivity index (χ4v) is 4.11. The first kappa shape index (κ1) is 19.2. The van der Waals surface area contributed by atoms with Crippen LogP contribution < -0.4 is 4.80 Å². The molecule has 2 aromatic heterocycles. The molecule has 0 saturated carbocycles. The van der Waals surface area contributed by atoms with Crippen LogP contribution >= 0.6 is 11.3 Å². The SMILES string of the molecule is CCc1ccc(Cn2c(-c3cc(C)n(C)n3)csc2=Nc2cccc(O)c2)cc1. The highest BCUT2D eigenvalue weighted by molar-refractivity contribution is 7.07. The molecule has 5 nitrogen and oxygen atoms in total. The first-order chi connectivity index (χ1) is 14.0. The Kier molecular flexibility index (Phi) is 5.36. The minimum atomic E-state index is 0.213. The first-order valence-electron chi connectivity index (χ1n) is 9.64. The lowest BCUT2D eigenvalue weighted by Crippen LogP contribution is -2.17.